The number of nitrogens with one attached hydrogen (secondary N) is 1. The zero-order valence-electron chi connectivity index (χ0n) is 15.9. The lowest BCUT2D eigenvalue weighted by Gasteiger charge is -2.08. The number of nitro groups is 1. The Hall–Kier alpha value is -3.97. The summed E-state index contributed by atoms with van der Waals surface area (Å²) in [6.45, 7) is 0. The van der Waals surface area contributed by atoms with Crippen LogP contribution < -0.4 is 14.8 Å². The number of ether oxygens (including phenoxy) is 2. The summed E-state index contributed by atoms with van der Waals surface area (Å²) in [4.78, 5) is 14.7. The number of hydrogen-bond donors (Lipinski definition) is 1. The van der Waals surface area contributed by atoms with Gasteiger partial charge >= 0.3 is 0 Å². The van der Waals surface area contributed by atoms with Crippen LogP contribution in [-0.4, -0.2) is 24.1 Å². The first-order valence-electron chi connectivity index (χ1n) is 8.46. The molecule has 0 saturated carbocycles. The van der Waals surface area contributed by atoms with Crippen molar-refractivity contribution in [2.45, 2.75) is 0 Å². The summed E-state index contributed by atoms with van der Waals surface area (Å²) in [6.07, 6.45) is 1.26. The number of nitriles is 1. The molecule has 0 spiro atoms. The van der Waals surface area contributed by atoms with E-state index >= 15 is 0 Å². The Bertz CT molecular complexity index is 1170. The van der Waals surface area contributed by atoms with Gasteiger partial charge in [-0.1, -0.05) is 0 Å². The fourth-order valence-electron chi connectivity index (χ4n) is 2.55. The Morgan fingerprint density at radius 3 is 2.70 bits per heavy atom. The van der Waals surface area contributed by atoms with Crippen molar-refractivity contribution in [1.29, 1.82) is 5.26 Å². The highest BCUT2D eigenvalue weighted by atomic mass is 32.1. The molecule has 0 fully saturated rings. The Balaban J connectivity index is 1.87. The molecule has 30 heavy (non-hydrogen) atoms. The summed E-state index contributed by atoms with van der Waals surface area (Å²) in [5, 5.41) is 25.1. The fourth-order valence-corrected chi connectivity index (χ4v) is 3.35. The molecule has 0 bridgehead atoms. The van der Waals surface area contributed by atoms with E-state index in [0.29, 0.717) is 22.2 Å². The standard InChI is InChI=1S/C20H15FN4O4S/c1-28-18-6-3-12(7-19(18)29-2)17-11-30-20(24-17)13(9-22)10-23-16-8-14(25(26)27)4-5-15(16)21/h3-8,10-11,23H,1-2H3/b13-10+. The summed E-state index contributed by atoms with van der Waals surface area (Å²) >= 11 is 1.23. The van der Waals surface area contributed by atoms with E-state index < -0.39 is 10.7 Å². The van der Waals surface area contributed by atoms with Crippen molar-refractivity contribution in [3.05, 3.63) is 68.9 Å². The molecule has 0 radical (unpaired) electrons. The molecule has 1 N–H and O–H groups in total. The van der Waals surface area contributed by atoms with Crippen LogP contribution in [0.15, 0.2) is 48.0 Å². The van der Waals surface area contributed by atoms with Crippen molar-refractivity contribution in [2.75, 3.05) is 19.5 Å². The predicted octanol–water partition coefficient (Wildman–Crippen LogP) is 4.85. The number of nitrogens with zero attached hydrogens (tertiary/aromatic N) is 3. The van der Waals surface area contributed by atoms with Gasteiger partial charge in [0.1, 0.15) is 22.5 Å². The first kappa shape index (κ1) is 20.8. The van der Waals surface area contributed by atoms with E-state index in [1.54, 1.807) is 24.6 Å². The van der Waals surface area contributed by atoms with Gasteiger partial charge in [0, 0.05) is 29.3 Å². The Labute approximate surface area is 175 Å². The van der Waals surface area contributed by atoms with Crippen LogP contribution in [0.3, 0.4) is 0 Å². The smallest absolute Gasteiger partial charge is 0.271 e. The first-order chi connectivity index (χ1) is 14.5. The molecule has 0 saturated heterocycles. The van der Waals surface area contributed by atoms with Gasteiger partial charge in [-0.05, 0) is 24.3 Å². The molecule has 1 heterocycles. The number of allylic oxidation sites excluding steroid dienone is 1. The number of halogens is 1. The highest BCUT2D eigenvalue weighted by Gasteiger charge is 2.13. The second kappa shape index (κ2) is 9.02. The van der Waals surface area contributed by atoms with Crippen molar-refractivity contribution >= 4 is 28.3 Å². The third-order valence-electron chi connectivity index (χ3n) is 4.07. The second-order valence-corrected chi connectivity index (χ2v) is 6.70. The molecule has 2 aromatic carbocycles. The number of thiazole rings is 1. The first-order valence-corrected chi connectivity index (χ1v) is 9.33. The second-order valence-electron chi connectivity index (χ2n) is 5.84. The number of methoxy groups -OCH3 is 2. The lowest BCUT2D eigenvalue weighted by atomic mass is 10.1. The zero-order valence-corrected chi connectivity index (χ0v) is 16.7. The van der Waals surface area contributed by atoms with Crippen LogP contribution in [0.5, 0.6) is 11.5 Å². The van der Waals surface area contributed by atoms with Gasteiger partial charge in [-0.3, -0.25) is 10.1 Å². The van der Waals surface area contributed by atoms with Crippen molar-refractivity contribution in [3.63, 3.8) is 0 Å². The molecule has 8 nitrogen and oxygen atoms in total. The Morgan fingerprint density at radius 1 is 1.27 bits per heavy atom. The number of non-ortho nitro benzene ring substituents is 1. The number of hydrogen-bond acceptors (Lipinski definition) is 8. The van der Waals surface area contributed by atoms with E-state index in [1.165, 1.54) is 24.6 Å². The van der Waals surface area contributed by atoms with E-state index in [-0.39, 0.29) is 16.9 Å². The Kier molecular flexibility index (Phi) is 6.24. The van der Waals surface area contributed by atoms with Gasteiger partial charge in [0.05, 0.1) is 30.5 Å². The Morgan fingerprint density at radius 2 is 2.03 bits per heavy atom. The fraction of sp³-hybridized carbons (Fsp3) is 0.100. The third kappa shape index (κ3) is 4.37. The molecule has 0 atom stereocenters. The van der Waals surface area contributed by atoms with Crippen LogP contribution in [0.2, 0.25) is 0 Å². The lowest BCUT2D eigenvalue weighted by Crippen LogP contribution is -1.96. The van der Waals surface area contributed by atoms with Crippen LogP contribution in [0, 0.1) is 27.3 Å². The topological polar surface area (TPSA) is 110 Å². The maximum absolute atomic E-state index is 13.9. The van der Waals surface area contributed by atoms with Gasteiger partial charge in [0.25, 0.3) is 5.69 Å². The molecule has 3 rings (SSSR count). The molecule has 10 heteroatoms. The molecule has 3 aromatic rings. The van der Waals surface area contributed by atoms with Crippen molar-refractivity contribution in [2.24, 2.45) is 0 Å². The minimum absolute atomic E-state index is 0.117. The summed E-state index contributed by atoms with van der Waals surface area (Å²) in [5.74, 6) is 0.445. The lowest BCUT2D eigenvalue weighted by molar-refractivity contribution is -0.384. The van der Waals surface area contributed by atoms with Gasteiger partial charge in [-0.2, -0.15) is 5.26 Å². The van der Waals surface area contributed by atoms with Gasteiger partial charge in [0.15, 0.2) is 11.5 Å². The molecule has 1 aromatic heterocycles. The molecule has 152 valence electrons. The van der Waals surface area contributed by atoms with Crippen LogP contribution in [0.4, 0.5) is 15.8 Å². The van der Waals surface area contributed by atoms with E-state index in [0.717, 1.165) is 23.8 Å². The van der Waals surface area contributed by atoms with Crippen molar-refractivity contribution in [3.8, 4) is 28.8 Å². The summed E-state index contributed by atoms with van der Waals surface area (Å²) in [7, 11) is 3.07. The van der Waals surface area contributed by atoms with E-state index in [4.69, 9.17) is 9.47 Å². The third-order valence-corrected chi connectivity index (χ3v) is 4.94. The maximum Gasteiger partial charge on any atom is 0.271 e. The zero-order chi connectivity index (χ0) is 21.7. The minimum atomic E-state index is -0.681. The normalized spacial score (nSPS) is 10.9. The summed E-state index contributed by atoms with van der Waals surface area (Å²) in [5.41, 5.74) is 1.16. The molecular formula is C20H15FN4O4S. The van der Waals surface area contributed by atoms with Crippen LogP contribution in [-0.2, 0) is 0 Å². The van der Waals surface area contributed by atoms with Crippen LogP contribution in [0.1, 0.15) is 5.01 Å². The number of aromatic nitrogens is 1. The maximum atomic E-state index is 13.9. The average Bonchev–Trinajstić information content (AvgIpc) is 3.24. The monoisotopic (exact) mass is 426 g/mol. The van der Waals surface area contributed by atoms with Gasteiger partial charge < -0.3 is 14.8 Å². The molecule has 0 aliphatic heterocycles. The molecule has 0 aliphatic rings. The quantitative estimate of drug-likeness (QED) is 0.327. The minimum Gasteiger partial charge on any atom is -0.493 e. The molecule has 0 unspecified atom stereocenters. The van der Waals surface area contributed by atoms with Crippen LogP contribution >= 0.6 is 11.3 Å². The average molecular weight is 426 g/mol. The van der Waals surface area contributed by atoms with Gasteiger partial charge in [-0.25, -0.2) is 9.37 Å². The van der Waals surface area contributed by atoms with E-state index in [1.807, 2.05) is 12.1 Å². The SMILES string of the molecule is COc1ccc(-c2csc(/C(C#N)=C/Nc3cc([N+](=O)[O-])ccc3F)n2)cc1OC. The molecule has 0 aliphatic carbocycles. The predicted molar refractivity (Wildman–Crippen MR) is 111 cm³/mol. The number of rotatable bonds is 7. The van der Waals surface area contributed by atoms with Gasteiger partial charge in [0.2, 0.25) is 0 Å². The molecular weight excluding hydrogens is 411 g/mol. The number of anilines is 1. The van der Waals surface area contributed by atoms with Crippen molar-refractivity contribution in [1.82, 2.24) is 4.98 Å². The summed E-state index contributed by atoms with van der Waals surface area (Å²) in [6, 6.07) is 10.4. The van der Waals surface area contributed by atoms with Crippen molar-refractivity contribution < 1.29 is 18.8 Å². The summed E-state index contributed by atoms with van der Waals surface area (Å²) < 4.78 is 24.4. The van der Waals surface area contributed by atoms with Crippen LogP contribution in [0.25, 0.3) is 16.8 Å². The van der Waals surface area contributed by atoms with Gasteiger partial charge in [-0.15, -0.1) is 11.3 Å². The largest absolute Gasteiger partial charge is 0.493 e. The van der Waals surface area contributed by atoms with E-state index in [2.05, 4.69) is 10.3 Å². The number of nitro benzene ring substituents is 1. The highest BCUT2D eigenvalue weighted by Crippen LogP contribution is 2.33. The molecule has 0 amide bonds. The highest BCUT2D eigenvalue weighted by molar-refractivity contribution is 7.11. The van der Waals surface area contributed by atoms with E-state index in [9.17, 15) is 19.8 Å². The number of benzene rings is 2.